The normalized spacial score (nSPS) is 10.7. The summed E-state index contributed by atoms with van der Waals surface area (Å²) in [6.45, 7) is 0. The zero-order valence-corrected chi connectivity index (χ0v) is 20.5. The van der Waals surface area contributed by atoms with Crippen LogP contribution in [0.15, 0.2) is 71.5 Å². The molecule has 2 heterocycles. The maximum Gasteiger partial charge on any atom is 0.234 e. The molecule has 4 rings (SSSR count). The Balaban J connectivity index is 1.26. The standard InChI is InChI=1S/C22H22N8O3S2/c1-29-13-23-27-21(29)34-11-19(31)25-15-6-8-17(9-7-15)33-18-5-3-4-16(10-18)26-20(32)12-35-22-28-24-14-30(22)2/h3-10,13-14H,11-12H2,1-2H3,(H,25,31)(H,26,32). The molecule has 2 aromatic heterocycles. The van der Waals surface area contributed by atoms with Gasteiger partial charge in [0.15, 0.2) is 10.3 Å². The molecule has 0 radical (unpaired) electrons. The van der Waals surface area contributed by atoms with Crippen molar-refractivity contribution in [2.75, 3.05) is 22.1 Å². The molecule has 0 spiro atoms. The first-order valence-electron chi connectivity index (χ1n) is 10.4. The van der Waals surface area contributed by atoms with Gasteiger partial charge in [0.2, 0.25) is 11.8 Å². The Morgan fingerprint density at radius 3 is 1.91 bits per heavy atom. The van der Waals surface area contributed by atoms with Crippen LogP contribution in [0.2, 0.25) is 0 Å². The van der Waals surface area contributed by atoms with Crippen LogP contribution in [0.25, 0.3) is 0 Å². The number of hydrogen-bond donors (Lipinski definition) is 2. The number of hydrogen-bond acceptors (Lipinski definition) is 9. The lowest BCUT2D eigenvalue weighted by Gasteiger charge is -2.10. The largest absolute Gasteiger partial charge is 0.457 e. The second-order valence-corrected chi connectivity index (χ2v) is 9.16. The lowest BCUT2D eigenvalue weighted by molar-refractivity contribution is -0.114. The van der Waals surface area contributed by atoms with Gasteiger partial charge >= 0.3 is 0 Å². The van der Waals surface area contributed by atoms with Gasteiger partial charge in [-0.25, -0.2) is 0 Å². The number of benzene rings is 2. The summed E-state index contributed by atoms with van der Waals surface area (Å²) < 4.78 is 9.40. The predicted molar refractivity (Wildman–Crippen MR) is 134 cm³/mol. The van der Waals surface area contributed by atoms with Gasteiger partial charge in [-0.1, -0.05) is 29.6 Å². The molecular formula is C22H22N8O3S2. The lowest BCUT2D eigenvalue weighted by Crippen LogP contribution is -2.14. The highest BCUT2D eigenvalue weighted by molar-refractivity contribution is 8.00. The van der Waals surface area contributed by atoms with Crippen LogP contribution in [0.5, 0.6) is 11.5 Å². The average Bonchev–Trinajstić information content (AvgIpc) is 3.45. The molecule has 35 heavy (non-hydrogen) atoms. The van der Waals surface area contributed by atoms with Crippen molar-refractivity contribution in [3.05, 3.63) is 61.2 Å². The van der Waals surface area contributed by atoms with Gasteiger partial charge in [0.05, 0.1) is 11.5 Å². The van der Waals surface area contributed by atoms with Crippen LogP contribution in [0.3, 0.4) is 0 Å². The fourth-order valence-electron chi connectivity index (χ4n) is 2.84. The summed E-state index contributed by atoms with van der Waals surface area (Å²) in [5, 5.41) is 22.5. The fourth-order valence-corrected chi connectivity index (χ4v) is 4.22. The van der Waals surface area contributed by atoms with Crippen LogP contribution in [0.4, 0.5) is 11.4 Å². The minimum Gasteiger partial charge on any atom is -0.457 e. The molecule has 0 bridgehead atoms. The summed E-state index contributed by atoms with van der Waals surface area (Å²) in [5.41, 5.74) is 1.28. The topological polar surface area (TPSA) is 129 Å². The molecule has 0 saturated heterocycles. The maximum atomic E-state index is 12.3. The van der Waals surface area contributed by atoms with E-state index in [1.54, 1.807) is 70.3 Å². The van der Waals surface area contributed by atoms with Crippen molar-refractivity contribution in [2.45, 2.75) is 10.3 Å². The molecule has 2 aromatic carbocycles. The van der Waals surface area contributed by atoms with Gasteiger partial charge in [0.1, 0.15) is 24.2 Å². The van der Waals surface area contributed by atoms with Crippen molar-refractivity contribution in [3.8, 4) is 11.5 Å². The van der Waals surface area contributed by atoms with E-state index in [4.69, 9.17) is 4.74 Å². The lowest BCUT2D eigenvalue weighted by atomic mass is 10.2. The molecule has 2 N–H and O–H groups in total. The van der Waals surface area contributed by atoms with Crippen molar-refractivity contribution in [1.29, 1.82) is 0 Å². The summed E-state index contributed by atoms with van der Waals surface area (Å²) in [5.74, 6) is 1.29. The molecule has 180 valence electrons. The highest BCUT2D eigenvalue weighted by Gasteiger charge is 2.09. The summed E-state index contributed by atoms with van der Waals surface area (Å²) in [7, 11) is 3.64. The average molecular weight is 511 g/mol. The van der Waals surface area contributed by atoms with Gasteiger partial charge in [0, 0.05) is 31.5 Å². The van der Waals surface area contributed by atoms with E-state index in [2.05, 4.69) is 31.0 Å². The monoisotopic (exact) mass is 510 g/mol. The van der Waals surface area contributed by atoms with E-state index >= 15 is 0 Å². The first-order valence-corrected chi connectivity index (χ1v) is 12.3. The summed E-state index contributed by atoms with van der Waals surface area (Å²) in [4.78, 5) is 24.5. The summed E-state index contributed by atoms with van der Waals surface area (Å²) in [6, 6.07) is 14.2. The molecule has 0 fully saturated rings. The Morgan fingerprint density at radius 2 is 1.37 bits per heavy atom. The molecule has 0 aliphatic heterocycles. The molecular weight excluding hydrogens is 488 g/mol. The van der Waals surface area contributed by atoms with Crippen molar-refractivity contribution in [3.63, 3.8) is 0 Å². The number of anilines is 2. The highest BCUT2D eigenvalue weighted by Crippen LogP contribution is 2.26. The molecule has 11 nitrogen and oxygen atoms in total. The van der Waals surface area contributed by atoms with Crippen LogP contribution in [-0.4, -0.2) is 52.8 Å². The number of aromatic nitrogens is 6. The molecule has 0 atom stereocenters. The molecule has 0 unspecified atom stereocenters. The van der Waals surface area contributed by atoms with Gasteiger partial charge < -0.3 is 24.5 Å². The number of nitrogens with zero attached hydrogens (tertiary/aromatic N) is 6. The van der Waals surface area contributed by atoms with E-state index in [1.165, 1.54) is 23.5 Å². The van der Waals surface area contributed by atoms with Crippen LogP contribution < -0.4 is 15.4 Å². The molecule has 4 aromatic rings. The molecule has 0 aliphatic rings. The molecule has 0 saturated carbocycles. The van der Waals surface area contributed by atoms with E-state index in [0.29, 0.717) is 33.2 Å². The Morgan fingerprint density at radius 1 is 0.800 bits per heavy atom. The first kappa shape index (κ1) is 24.3. The third-order valence-corrected chi connectivity index (χ3v) is 6.56. The Labute approximate surface area is 209 Å². The third kappa shape index (κ3) is 7.07. The van der Waals surface area contributed by atoms with Crippen molar-refractivity contribution in [2.24, 2.45) is 14.1 Å². The molecule has 0 aliphatic carbocycles. The van der Waals surface area contributed by atoms with Crippen molar-refractivity contribution < 1.29 is 14.3 Å². The number of ether oxygens (including phenoxy) is 1. The Kier molecular flexibility index (Phi) is 8.00. The zero-order chi connectivity index (χ0) is 24.6. The maximum absolute atomic E-state index is 12.3. The van der Waals surface area contributed by atoms with Crippen LogP contribution in [-0.2, 0) is 23.7 Å². The van der Waals surface area contributed by atoms with Crippen LogP contribution in [0.1, 0.15) is 0 Å². The number of rotatable bonds is 10. The van der Waals surface area contributed by atoms with Gasteiger partial charge in [-0.05, 0) is 36.4 Å². The third-order valence-electron chi connectivity index (χ3n) is 4.50. The van der Waals surface area contributed by atoms with E-state index in [9.17, 15) is 9.59 Å². The number of thioether (sulfide) groups is 2. The number of carbonyl (C=O) groups is 2. The van der Waals surface area contributed by atoms with Gasteiger partial charge in [0.25, 0.3) is 0 Å². The molecule has 2 amide bonds. The quantitative estimate of drug-likeness (QED) is 0.309. The fraction of sp³-hybridized carbons (Fsp3) is 0.182. The predicted octanol–water partition coefficient (Wildman–Crippen LogP) is 3.20. The Hall–Kier alpha value is -3.84. The highest BCUT2D eigenvalue weighted by atomic mass is 32.2. The Bertz CT molecular complexity index is 1310. The second kappa shape index (κ2) is 11.5. The van der Waals surface area contributed by atoms with Crippen molar-refractivity contribution >= 4 is 46.7 Å². The van der Waals surface area contributed by atoms with E-state index in [-0.39, 0.29) is 23.3 Å². The van der Waals surface area contributed by atoms with Gasteiger partial charge in [-0.2, -0.15) is 0 Å². The molecule has 13 heteroatoms. The van der Waals surface area contributed by atoms with E-state index < -0.39 is 0 Å². The van der Waals surface area contributed by atoms with Crippen LogP contribution in [0, 0.1) is 0 Å². The SMILES string of the molecule is Cn1cnnc1SCC(=O)Nc1ccc(Oc2cccc(NC(=O)CSc3nncn3C)c2)cc1. The van der Waals surface area contributed by atoms with E-state index in [0.717, 1.165) is 0 Å². The summed E-state index contributed by atoms with van der Waals surface area (Å²) in [6.07, 6.45) is 3.17. The number of aryl methyl sites for hydroxylation is 2. The minimum absolute atomic E-state index is 0.146. The summed E-state index contributed by atoms with van der Waals surface area (Å²) >= 11 is 2.61. The van der Waals surface area contributed by atoms with E-state index in [1.807, 2.05) is 14.1 Å². The zero-order valence-electron chi connectivity index (χ0n) is 18.9. The van der Waals surface area contributed by atoms with Crippen LogP contribution >= 0.6 is 23.5 Å². The van der Waals surface area contributed by atoms with Gasteiger partial charge in [-0.15, -0.1) is 20.4 Å². The second-order valence-electron chi connectivity index (χ2n) is 7.28. The van der Waals surface area contributed by atoms with Gasteiger partial charge in [-0.3, -0.25) is 9.59 Å². The van der Waals surface area contributed by atoms with Crippen molar-refractivity contribution in [1.82, 2.24) is 29.5 Å². The number of nitrogens with one attached hydrogen (secondary N) is 2. The minimum atomic E-state index is -0.160. The first-order chi connectivity index (χ1) is 17.0. The number of amides is 2. The number of carbonyl (C=O) groups excluding carboxylic acids is 2. The smallest absolute Gasteiger partial charge is 0.234 e.